The van der Waals surface area contributed by atoms with E-state index in [2.05, 4.69) is 10.2 Å². The SMILES string of the molecule is O=C(C[C@@H](NS(=O)(=O)c1cccc(Cl)c1F)C(F)(F)F)N[C@@H]1CCOc2cc(CN3CCCCC3)c(Cl)cc21. The van der Waals surface area contributed by atoms with Crippen molar-refractivity contribution in [2.45, 2.75) is 61.8 Å². The highest BCUT2D eigenvalue weighted by molar-refractivity contribution is 7.89. The van der Waals surface area contributed by atoms with Crippen molar-refractivity contribution < 1.29 is 35.5 Å². The molecule has 214 valence electrons. The molecule has 14 heteroatoms. The van der Waals surface area contributed by atoms with Gasteiger partial charge in [0.2, 0.25) is 15.9 Å². The maximum atomic E-state index is 14.2. The van der Waals surface area contributed by atoms with Gasteiger partial charge in [0, 0.05) is 23.6 Å². The van der Waals surface area contributed by atoms with Crippen LogP contribution in [0.3, 0.4) is 0 Å². The third-order valence-electron chi connectivity index (χ3n) is 6.68. The van der Waals surface area contributed by atoms with Crippen molar-refractivity contribution in [2.24, 2.45) is 0 Å². The van der Waals surface area contributed by atoms with Crippen molar-refractivity contribution in [1.29, 1.82) is 0 Å². The second-order valence-corrected chi connectivity index (χ2v) is 12.0. The Balaban J connectivity index is 1.47. The summed E-state index contributed by atoms with van der Waals surface area (Å²) in [6.45, 7) is 2.77. The molecule has 0 unspecified atom stereocenters. The average molecular weight is 612 g/mol. The van der Waals surface area contributed by atoms with Crippen LogP contribution in [0.15, 0.2) is 35.2 Å². The topological polar surface area (TPSA) is 87.7 Å². The Morgan fingerprint density at radius 2 is 1.85 bits per heavy atom. The fraction of sp³-hybridized carbons (Fsp3) is 0.480. The fourth-order valence-corrected chi connectivity index (χ4v) is 6.47. The Hall–Kier alpha value is -2.12. The van der Waals surface area contributed by atoms with Crippen LogP contribution in [-0.2, 0) is 21.4 Å². The molecule has 4 rings (SSSR count). The van der Waals surface area contributed by atoms with Crippen molar-refractivity contribution in [2.75, 3.05) is 19.7 Å². The van der Waals surface area contributed by atoms with Gasteiger partial charge < -0.3 is 10.1 Å². The van der Waals surface area contributed by atoms with Crippen LogP contribution in [0.2, 0.25) is 10.0 Å². The van der Waals surface area contributed by atoms with E-state index < -0.39 is 56.3 Å². The second kappa shape index (κ2) is 12.2. The summed E-state index contributed by atoms with van der Waals surface area (Å²) in [5, 5.41) is 2.41. The number of piperidine rings is 1. The Kier molecular flexibility index (Phi) is 9.32. The first kappa shape index (κ1) is 29.9. The Morgan fingerprint density at radius 3 is 2.54 bits per heavy atom. The van der Waals surface area contributed by atoms with E-state index in [1.54, 1.807) is 12.1 Å². The van der Waals surface area contributed by atoms with E-state index in [0.717, 1.165) is 49.7 Å². The minimum Gasteiger partial charge on any atom is -0.493 e. The molecule has 2 aliphatic rings. The first-order valence-electron chi connectivity index (χ1n) is 12.3. The molecule has 2 heterocycles. The minimum atomic E-state index is -5.14. The van der Waals surface area contributed by atoms with Crippen molar-refractivity contribution in [3.63, 3.8) is 0 Å². The van der Waals surface area contributed by atoms with Crippen LogP contribution in [0.4, 0.5) is 17.6 Å². The van der Waals surface area contributed by atoms with Gasteiger partial charge in [0.15, 0.2) is 5.82 Å². The molecule has 1 amide bonds. The van der Waals surface area contributed by atoms with Gasteiger partial charge >= 0.3 is 6.18 Å². The lowest BCUT2D eigenvalue weighted by Crippen LogP contribution is -2.48. The number of ether oxygens (including phenoxy) is 1. The molecule has 2 aromatic carbocycles. The van der Waals surface area contributed by atoms with Gasteiger partial charge in [-0.1, -0.05) is 35.7 Å². The Labute approximate surface area is 233 Å². The molecule has 0 spiro atoms. The van der Waals surface area contributed by atoms with Crippen LogP contribution in [0.1, 0.15) is 49.3 Å². The summed E-state index contributed by atoms with van der Waals surface area (Å²) in [5.41, 5.74) is 1.37. The zero-order valence-electron chi connectivity index (χ0n) is 20.7. The number of carbonyl (C=O) groups excluding carboxylic acids is 1. The highest BCUT2D eigenvalue weighted by Crippen LogP contribution is 2.37. The van der Waals surface area contributed by atoms with Crippen LogP contribution >= 0.6 is 23.2 Å². The molecular formula is C25H27Cl2F4N3O4S. The third-order valence-corrected chi connectivity index (χ3v) is 8.82. The van der Waals surface area contributed by atoms with Crippen LogP contribution < -0.4 is 14.8 Å². The highest BCUT2D eigenvalue weighted by atomic mass is 35.5. The molecule has 2 aromatic rings. The number of hydrogen-bond acceptors (Lipinski definition) is 5. The smallest absolute Gasteiger partial charge is 0.405 e. The molecule has 0 aliphatic carbocycles. The van der Waals surface area contributed by atoms with E-state index in [1.807, 2.05) is 0 Å². The molecule has 0 bridgehead atoms. The molecule has 2 atom stereocenters. The number of nitrogens with zero attached hydrogens (tertiary/aromatic N) is 1. The van der Waals surface area contributed by atoms with Crippen LogP contribution in [-0.4, -0.2) is 51.1 Å². The molecule has 2 aliphatic heterocycles. The van der Waals surface area contributed by atoms with E-state index >= 15 is 0 Å². The van der Waals surface area contributed by atoms with Gasteiger partial charge in [0.05, 0.1) is 24.1 Å². The molecule has 2 N–H and O–H groups in total. The van der Waals surface area contributed by atoms with Crippen LogP contribution in [0.25, 0.3) is 0 Å². The number of sulfonamides is 1. The number of hydrogen-bond donors (Lipinski definition) is 2. The normalized spacial score (nSPS) is 19.2. The molecule has 39 heavy (non-hydrogen) atoms. The second-order valence-electron chi connectivity index (χ2n) is 9.55. The minimum absolute atomic E-state index is 0.214. The number of rotatable bonds is 8. The lowest BCUT2D eigenvalue weighted by Gasteiger charge is -2.30. The predicted molar refractivity (Wildman–Crippen MR) is 138 cm³/mol. The number of likely N-dealkylation sites (tertiary alicyclic amines) is 1. The first-order chi connectivity index (χ1) is 18.3. The molecule has 0 saturated carbocycles. The average Bonchev–Trinajstić information content (AvgIpc) is 2.86. The van der Waals surface area contributed by atoms with Gasteiger partial charge in [-0.25, -0.2) is 12.8 Å². The number of benzene rings is 2. The van der Waals surface area contributed by atoms with Gasteiger partial charge in [-0.15, -0.1) is 0 Å². The maximum absolute atomic E-state index is 14.2. The van der Waals surface area contributed by atoms with Gasteiger partial charge in [-0.2, -0.15) is 17.9 Å². The third kappa shape index (κ3) is 7.35. The summed E-state index contributed by atoms with van der Waals surface area (Å²) < 4.78 is 87.7. The summed E-state index contributed by atoms with van der Waals surface area (Å²) >= 11 is 12.1. The lowest BCUT2D eigenvalue weighted by molar-refractivity contribution is -0.158. The number of carbonyl (C=O) groups is 1. The number of halogens is 6. The van der Waals surface area contributed by atoms with Crippen molar-refractivity contribution >= 4 is 39.1 Å². The van der Waals surface area contributed by atoms with E-state index in [1.165, 1.54) is 11.1 Å². The van der Waals surface area contributed by atoms with E-state index in [0.29, 0.717) is 22.9 Å². The van der Waals surface area contributed by atoms with Gasteiger partial charge in [0.25, 0.3) is 0 Å². The predicted octanol–water partition coefficient (Wildman–Crippen LogP) is 5.36. The van der Waals surface area contributed by atoms with Crippen molar-refractivity contribution in [3.8, 4) is 5.75 Å². The van der Waals surface area contributed by atoms with Gasteiger partial charge in [-0.05, 0) is 55.8 Å². The number of alkyl halides is 3. The quantitative estimate of drug-likeness (QED) is 0.393. The number of nitrogens with one attached hydrogen (secondary N) is 2. The molecule has 0 radical (unpaired) electrons. The van der Waals surface area contributed by atoms with E-state index in [-0.39, 0.29) is 13.0 Å². The molecule has 7 nitrogen and oxygen atoms in total. The first-order valence-corrected chi connectivity index (χ1v) is 14.6. The van der Waals surface area contributed by atoms with Gasteiger partial charge in [0.1, 0.15) is 16.7 Å². The van der Waals surface area contributed by atoms with Crippen molar-refractivity contribution in [1.82, 2.24) is 14.9 Å². The Morgan fingerprint density at radius 1 is 1.13 bits per heavy atom. The molecular weight excluding hydrogens is 585 g/mol. The zero-order valence-corrected chi connectivity index (χ0v) is 23.0. The van der Waals surface area contributed by atoms with Gasteiger partial charge in [-0.3, -0.25) is 9.69 Å². The summed E-state index contributed by atoms with van der Waals surface area (Å²) in [6, 6.07) is 2.84. The zero-order chi connectivity index (χ0) is 28.4. The standard InChI is InChI=1S/C25H27Cl2F4N3O4S/c26-17-5-4-6-21(24(17)28)39(36,37)33-22(25(29,30)31)13-23(35)32-19-7-10-38-20-11-15(18(27)12-16(19)20)14-34-8-2-1-3-9-34/h4-6,11-12,19,22,33H,1-3,7-10,13-14H2,(H,32,35)/t19-,22-/m1/s1. The summed E-state index contributed by atoms with van der Waals surface area (Å²) in [4.78, 5) is 13.9. The number of amides is 1. The lowest BCUT2D eigenvalue weighted by atomic mass is 9.97. The number of fused-ring (bicyclic) bond motifs is 1. The summed E-state index contributed by atoms with van der Waals surface area (Å²) in [6.07, 6.45) is -2.73. The maximum Gasteiger partial charge on any atom is 0.405 e. The largest absolute Gasteiger partial charge is 0.493 e. The molecule has 1 fully saturated rings. The molecule has 1 saturated heterocycles. The fourth-order valence-electron chi connectivity index (χ4n) is 4.69. The van der Waals surface area contributed by atoms with E-state index in [9.17, 15) is 30.8 Å². The van der Waals surface area contributed by atoms with Crippen molar-refractivity contribution in [3.05, 3.63) is 57.3 Å². The van der Waals surface area contributed by atoms with Crippen LogP contribution in [0, 0.1) is 5.82 Å². The highest BCUT2D eigenvalue weighted by Gasteiger charge is 2.44. The van der Waals surface area contributed by atoms with Crippen LogP contribution in [0.5, 0.6) is 5.75 Å². The Bertz CT molecular complexity index is 1320. The summed E-state index contributed by atoms with van der Waals surface area (Å²) in [5.74, 6) is -1.97. The molecule has 0 aromatic heterocycles. The summed E-state index contributed by atoms with van der Waals surface area (Å²) in [7, 11) is -5.00. The monoisotopic (exact) mass is 611 g/mol. The van der Waals surface area contributed by atoms with E-state index in [4.69, 9.17) is 27.9 Å².